The first-order chi connectivity index (χ1) is 16.9. The zero-order valence-corrected chi connectivity index (χ0v) is 19.5. The molecule has 0 aliphatic carbocycles. The Bertz CT molecular complexity index is 1410. The van der Waals surface area contributed by atoms with Crippen molar-refractivity contribution in [3.63, 3.8) is 0 Å². The van der Waals surface area contributed by atoms with Crippen LogP contribution in [0, 0.1) is 19.7 Å². The minimum Gasteiger partial charge on any atom is -0.478 e. The average molecular weight is 469 g/mol. The maximum atomic E-state index is 14.0. The predicted molar refractivity (Wildman–Crippen MR) is 135 cm³/mol. The second kappa shape index (κ2) is 10.3. The summed E-state index contributed by atoms with van der Waals surface area (Å²) < 4.78 is 14.0. The molecule has 0 fully saturated rings. The summed E-state index contributed by atoms with van der Waals surface area (Å²) in [6.07, 6.45) is 2.98. The lowest BCUT2D eigenvalue weighted by atomic mass is 9.92. The molecule has 0 spiro atoms. The number of pyridine rings is 1. The SMILES string of the molecule is Cc1cc(-c2cccc(/C(CCc3ccc(-c4ccc(C(=O)O)c(F)c4)cc3)=N/O)c2C)ccn1. The van der Waals surface area contributed by atoms with E-state index in [0.29, 0.717) is 24.1 Å². The summed E-state index contributed by atoms with van der Waals surface area (Å²) in [5, 5.41) is 22.4. The van der Waals surface area contributed by atoms with Crippen molar-refractivity contribution in [3.8, 4) is 22.3 Å². The van der Waals surface area contributed by atoms with Crippen LogP contribution in [0.4, 0.5) is 4.39 Å². The second-order valence-electron chi connectivity index (χ2n) is 8.41. The Morgan fingerprint density at radius 2 is 1.66 bits per heavy atom. The standard InChI is InChI=1S/C29H25FN2O3/c1-18-16-23(14-15-31-18)24-4-3-5-25(19(24)2)28(32-35)13-8-20-6-9-21(10-7-20)22-11-12-26(29(33)34)27(30)17-22/h3-7,9-12,14-17,35H,8,13H2,1-2H3,(H,33,34)/b32-28+. The Morgan fingerprint density at radius 3 is 2.31 bits per heavy atom. The topological polar surface area (TPSA) is 82.8 Å². The summed E-state index contributed by atoms with van der Waals surface area (Å²) in [6, 6.07) is 21.7. The van der Waals surface area contributed by atoms with Crippen LogP contribution >= 0.6 is 0 Å². The van der Waals surface area contributed by atoms with E-state index in [9.17, 15) is 14.4 Å². The fraction of sp³-hybridized carbons (Fsp3) is 0.138. The monoisotopic (exact) mass is 468 g/mol. The van der Waals surface area contributed by atoms with E-state index in [4.69, 9.17) is 5.11 Å². The lowest BCUT2D eigenvalue weighted by Gasteiger charge is -2.13. The van der Waals surface area contributed by atoms with Gasteiger partial charge in [-0.15, -0.1) is 0 Å². The average Bonchev–Trinajstić information content (AvgIpc) is 2.85. The molecular weight excluding hydrogens is 443 g/mol. The van der Waals surface area contributed by atoms with Gasteiger partial charge in [-0.1, -0.05) is 53.7 Å². The number of benzene rings is 3. The normalized spacial score (nSPS) is 11.5. The molecule has 0 saturated heterocycles. The summed E-state index contributed by atoms with van der Waals surface area (Å²) in [6.45, 7) is 3.98. The van der Waals surface area contributed by atoms with Crippen LogP contribution in [0.25, 0.3) is 22.3 Å². The van der Waals surface area contributed by atoms with Crippen LogP contribution < -0.4 is 0 Å². The van der Waals surface area contributed by atoms with Gasteiger partial charge in [0.2, 0.25) is 0 Å². The Labute approximate surface area is 203 Å². The third-order valence-electron chi connectivity index (χ3n) is 6.11. The van der Waals surface area contributed by atoms with E-state index >= 15 is 0 Å². The van der Waals surface area contributed by atoms with Crippen LogP contribution in [0.1, 0.15) is 39.2 Å². The molecule has 176 valence electrons. The van der Waals surface area contributed by atoms with Gasteiger partial charge in [0, 0.05) is 17.5 Å². The highest BCUT2D eigenvalue weighted by Crippen LogP contribution is 2.28. The number of hydrogen-bond acceptors (Lipinski definition) is 4. The zero-order chi connectivity index (χ0) is 24.9. The number of halogens is 1. The van der Waals surface area contributed by atoms with Crippen molar-refractivity contribution < 1.29 is 19.5 Å². The van der Waals surface area contributed by atoms with Gasteiger partial charge in [0.05, 0.1) is 11.3 Å². The second-order valence-corrected chi connectivity index (χ2v) is 8.41. The molecule has 0 saturated carbocycles. The van der Waals surface area contributed by atoms with E-state index in [1.807, 2.05) is 68.4 Å². The predicted octanol–water partition coefficient (Wildman–Crippen LogP) is 6.68. The lowest BCUT2D eigenvalue weighted by Crippen LogP contribution is -2.06. The molecule has 0 amide bonds. The Balaban J connectivity index is 1.50. The summed E-state index contributed by atoms with van der Waals surface area (Å²) in [7, 11) is 0. The summed E-state index contributed by atoms with van der Waals surface area (Å²) >= 11 is 0. The van der Waals surface area contributed by atoms with E-state index in [1.165, 1.54) is 12.1 Å². The molecular formula is C29H25FN2O3. The molecule has 4 rings (SSSR count). The first kappa shape index (κ1) is 23.8. The van der Waals surface area contributed by atoms with Crippen molar-refractivity contribution >= 4 is 11.7 Å². The van der Waals surface area contributed by atoms with Crippen molar-refractivity contribution in [2.45, 2.75) is 26.7 Å². The largest absolute Gasteiger partial charge is 0.478 e. The molecule has 0 unspecified atom stereocenters. The van der Waals surface area contributed by atoms with Gasteiger partial charge >= 0.3 is 5.97 Å². The van der Waals surface area contributed by atoms with Crippen molar-refractivity contribution in [2.24, 2.45) is 5.16 Å². The summed E-state index contributed by atoms with van der Waals surface area (Å²) in [4.78, 5) is 15.3. The molecule has 3 aromatic carbocycles. The molecule has 0 radical (unpaired) electrons. The van der Waals surface area contributed by atoms with Crippen LogP contribution in [0.3, 0.4) is 0 Å². The number of oxime groups is 1. The van der Waals surface area contributed by atoms with Gasteiger partial charge in [-0.2, -0.15) is 0 Å². The number of carboxylic acids is 1. The van der Waals surface area contributed by atoms with Crippen LogP contribution in [0.15, 0.2) is 84.1 Å². The summed E-state index contributed by atoms with van der Waals surface area (Å²) in [5.74, 6) is -2.05. The minimum atomic E-state index is -1.29. The minimum absolute atomic E-state index is 0.348. The molecule has 35 heavy (non-hydrogen) atoms. The van der Waals surface area contributed by atoms with E-state index < -0.39 is 11.8 Å². The Hall–Kier alpha value is -4.32. The smallest absolute Gasteiger partial charge is 0.338 e. The maximum Gasteiger partial charge on any atom is 0.338 e. The van der Waals surface area contributed by atoms with Crippen LogP contribution in [-0.2, 0) is 6.42 Å². The van der Waals surface area contributed by atoms with E-state index in [1.54, 1.807) is 12.3 Å². The van der Waals surface area contributed by atoms with Gasteiger partial charge in [0.25, 0.3) is 0 Å². The highest BCUT2D eigenvalue weighted by molar-refractivity contribution is 6.03. The molecule has 0 aliphatic heterocycles. The molecule has 4 aromatic rings. The first-order valence-electron chi connectivity index (χ1n) is 11.2. The number of carbonyl (C=O) groups is 1. The zero-order valence-electron chi connectivity index (χ0n) is 19.5. The fourth-order valence-electron chi connectivity index (χ4n) is 4.21. The van der Waals surface area contributed by atoms with Gasteiger partial charge in [-0.3, -0.25) is 4.98 Å². The number of nitrogens with zero attached hydrogens (tertiary/aromatic N) is 2. The quantitative estimate of drug-likeness (QED) is 0.180. The number of aryl methyl sites for hydroxylation is 2. The van der Waals surface area contributed by atoms with Gasteiger partial charge < -0.3 is 10.3 Å². The number of rotatable bonds is 7. The number of aromatic nitrogens is 1. The number of carboxylic acid groups (broad SMARTS) is 1. The van der Waals surface area contributed by atoms with E-state index in [2.05, 4.69) is 10.1 Å². The van der Waals surface area contributed by atoms with Crippen LogP contribution in [0.5, 0.6) is 0 Å². The molecule has 0 bridgehead atoms. The molecule has 0 atom stereocenters. The van der Waals surface area contributed by atoms with Crippen LogP contribution in [0.2, 0.25) is 0 Å². The number of hydrogen-bond donors (Lipinski definition) is 2. The molecule has 5 nitrogen and oxygen atoms in total. The van der Waals surface area contributed by atoms with E-state index in [0.717, 1.165) is 39.1 Å². The maximum absolute atomic E-state index is 14.0. The molecule has 6 heteroatoms. The highest BCUT2D eigenvalue weighted by atomic mass is 19.1. The summed E-state index contributed by atoms with van der Waals surface area (Å²) in [5.41, 5.74) is 7.69. The van der Waals surface area contributed by atoms with Gasteiger partial charge in [0.15, 0.2) is 0 Å². The van der Waals surface area contributed by atoms with E-state index in [-0.39, 0.29) is 5.56 Å². The van der Waals surface area contributed by atoms with Gasteiger partial charge in [-0.25, -0.2) is 9.18 Å². The third kappa shape index (κ3) is 5.27. The first-order valence-corrected chi connectivity index (χ1v) is 11.2. The fourth-order valence-corrected chi connectivity index (χ4v) is 4.21. The number of aromatic carboxylic acids is 1. The van der Waals surface area contributed by atoms with Crippen molar-refractivity contribution in [2.75, 3.05) is 0 Å². The molecule has 2 N–H and O–H groups in total. The Morgan fingerprint density at radius 1 is 0.914 bits per heavy atom. The molecule has 1 aromatic heterocycles. The van der Waals surface area contributed by atoms with Crippen molar-refractivity contribution in [3.05, 3.63) is 113 Å². The van der Waals surface area contributed by atoms with Gasteiger partial charge in [-0.05, 0) is 84.3 Å². The van der Waals surface area contributed by atoms with Crippen LogP contribution in [-0.4, -0.2) is 27.0 Å². The van der Waals surface area contributed by atoms with Crippen molar-refractivity contribution in [1.82, 2.24) is 4.98 Å². The molecule has 1 heterocycles. The molecule has 0 aliphatic rings. The Kier molecular flexibility index (Phi) is 7.01. The van der Waals surface area contributed by atoms with Crippen molar-refractivity contribution in [1.29, 1.82) is 0 Å². The lowest BCUT2D eigenvalue weighted by molar-refractivity contribution is 0.0692. The highest BCUT2D eigenvalue weighted by Gasteiger charge is 2.14. The third-order valence-corrected chi connectivity index (χ3v) is 6.11. The van der Waals surface area contributed by atoms with Gasteiger partial charge in [0.1, 0.15) is 5.82 Å².